The highest BCUT2D eigenvalue weighted by atomic mass is 79.9. The molecule has 18 heavy (non-hydrogen) atoms. The van der Waals surface area contributed by atoms with Crippen molar-refractivity contribution in [3.8, 4) is 0 Å². The summed E-state index contributed by atoms with van der Waals surface area (Å²) in [5.41, 5.74) is 3.03. The van der Waals surface area contributed by atoms with Gasteiger partial charge in [-0.15, -0.1) is 0 Å². The first kappa shape index (κ1) is 14.1. The van der Waals surface area contributed by atoms with Crippen molar-refractivity contribution in [1.29, 1.82) is 0 Å². The fourth-order valence-electron chi connectivity index (χ4n) is 3.26. The van der Waals surface area contributed by atoms with Crippen LogP contribution in [0, 0.1) is 5.92 Å². The fourth-order valence-corrected chi connectivity index (χ4v) is 3.72. The Labute approximate surface area is 120 Å². The minimum absolute atomic E-state index is 0.830. The van der Waals surface area contributed by atoms with Crippen LogP contribution in [0.4, 0.5) is 0 Å². The Balaban J connectivity index is 1.89. The van der Waals surface area contributed by atoms with Gasteiger partial charge in [0.25, 0.3) is 0 Å². The number of halogens is 1. The average Bonchev–Trinajstić information content (AvgIpc) is 2.41. The molecule has 0 atom stereocenters. The molecular weight excluding hydrogens is 284 g/mol. The molecule has 0 bridgehead atoms. The molecule has 0 unspecified atom stereocenters. The minimum Gasteiger partial charge on any atom is -0.0924 e. The van der Waals surface area contributed by atoms with E-state index in [1.54, 1.807) is 5.56 Å². The van der Waals surface area contributed by atoms with Crippen LogP contribution < -0.4 is 0 Å². The van der Waals surface area contributed by atoms with E-state index >= 15 is 0 Å². The van der Waals surface area contributed by atoms with Crippen LogP contribution in [0.2, 0.25) is 0 Å². The van der Waals surface area contributed by atoms with Gasteiger partial charge in [0.1, 0.15) is 0 Å². The summed E-state index contributed by atoms with van der Waals surface area (Å²) in [5.74, 6) is 1.84. The van der Waals surface area contributed by atoms with Crippen molar-refractivity contribution in [3.05, 3.63) is 35.4 Å². The Morgan fingerprint density at radius 3 is 2.28 bits per heavy atom. The molecule has 0 aliphatic heterocycles. The van der Waals surface area contributed by atoms with E-state index in [1.165, 1.54) is 44.1 Å². The Morgan fingerprint density at radius 1 is 1.06 bits per heavy atom. The van der Waals surface area contributed by atoms with Gasteiger partial charge in [0, 0.05) is 5.33 Å². The molecule has 2 rings (SSSR count). The minimum atomic E-state index is 0.830. The summed E-state index contributed by atoms with van der Waals surface area (Å²) in [7, 11) is 0. The highest BCUT2D eigenvalue weighted by Crippen LogP contribution is 2.37. The van der Waals surface area contributed by atoms with Gasteiger partial charge in [-0.05, 0) is 55.1 Å². The largest absolute Gasteiger partial charge is 0.0924 e. The molecule has 0 aromatic heterocycles. The first-order valence-corrected chi connectivity index (χ1v) is 8.60. The van der Waals surface area contributed by atoms with Crippen LogP contribution in [-0.4, -0.2) is 5.33 Å². The highest BCUT2D eigenvalue weighted by Gasteiger charge is 2.21. The van der Waals surface area contributed by atoms with Crippen molar-refractivity contribution in [2.75, 3.05) is 5.33 Å². The number of hydrogen-bond donors (Lipinski definition) is 0. The Morgan fingerprint density at radius 2 is 1.72 bits per heavy atom. The zero-order valence-electron chi connectivity index (χ0n) is 11.5. The maximum Gasteiger partial charge on any atom is 0.00718 e. The van der Waals surface area contributed by atoms with Gasteiger partial charge in [-0.1, -0.05) is 60.0 Å². The number of hydrogen-bond acceptors (Lipinski definition) is 0. The predicted octanol–water partition coefficient (Wildman–Crippen LogP) is 5.70. The summed E-state index contributed by atoms with van der Waals surface area (Å²) >= 11 is 3.50. The van der Waals surface area contributed by atoms with Gasteiger partial charge in [-0.2, -0.15) is 0 Å². The number of benzene rings is 1. The molecule has 1 saturated carbocycles. The molecule has 0 radical (unpaired) electrons. The Bertz CT molecular complexity index is 333. The van der Waals surface area contributed by atoms with Crippen LogP contribution in [0.5, 0.6) is 0 Å². The summed E-state index contributed by atoms with van der Waals surface area (Å²) in [5, 5.41) is 1.06. The van der Waals surface area contributed by atoms with E-state index in [0.29, 0.717) is 0 Å². The summed E-state index contributed by atoms with van der Waals surface area (Å²) < 4.78 is 0. The molecular formula is C17H25Br. The summed E-state index contributed by atoms with van der Waals surface area (Å²) in [6.07, 6.45) is 9.64. The molecule has 1 aliphatic rings. The number of rotatable bonds is 5. The Kier molecular flexibility index (Phi) is 5.75. The van der Waals surface area contributed by atoms with E-state index in [2.05, 4.69) is 47.1 Å². The van der Waals surface area contributed by atoms with E-state index in [0.717, 1.165) is 23.6 Å². The van der Waals surface area contributed by atoms with Crippen LogP contribution in [0.15, 0.2) is 24.3 Å². The van der Waals surface area contributed by atoms with Gasteiger partial charge in [0.15, 0.2) is 0 Å². The van der Waals surface area contributed by atoms with E-state index < -0.39 is 0 Å². The average molecular weight is 309 g/mol. The quantitative estimate of drug-likeness (QED) is 0.612. The van der Waals surface area contributed by atoms with Crippen molar-refractivity contribution in [3.63, 3.8) is 0 Å². The van der Waals surface area contributed by atoms with E-state index in [-0.39, 0.29) is 0 Å². The normalized spacial score (nSPS) is 24.1. The van der Waals surface area contributed by atoms with Crippen molar-refractivity contribution in [1.82, 2.24) is 0 Å². The van der Waals surface area contributed by atoms with Gasteiger partial charge < -0.3 is 0 Å². The number of aryl methyl sites for hydroxylation is 1. The van der Waals surface area contributed by atoms with Crippen LogP contribution in [-0.2, 0) is 6.42 Å². The van der Waals surface area contributed by atoms with Crippen molar-refractivity contribution < 1.29 is 0 Å². The van der Waals surface area contributed by atoms with E-state index in [1.807, 2.05) is 0 Å². The molecule has 0 nitrogen and oxygen atoms in total. The van der Waals surface area contributed by atoms with Gasteiger partial charge in [0.05, 0.1) is 0 Å². The summed E-state index contributed by atoms with van der Waals surface area (Å²) in [4.78, 5) is 0. The SMILES string of the molecule is CCCC1CCC(c2ccc(CCBr)cc2)CC1. The molecule has 100 valence electrons. The zero-order valence-corrected chi connectivity index (χ0v) is 13.1. The molecule has 1 aromatic rings. The lowest BCUT2D eigenvalue weighted by molar-refractivity contribution is 0.308. The third kappa shape index (κ3) is 3.85. The predicted molar refractivity (Wildman–Crippen MR) is 83.5 cm³/mol. The van der Waals surface area contributed by atoms with Crippen molar-refractivity contribution >= 4 is 15.9 Å². The third-order valence-corrected chi connectivity index (χ3v) is 4.77. The molecule has 0 spiro atoms. The Hall–Kier alpha value is -0.300. The lowest BCUT2D eigenvalue weighted by atomic mass is 9.77. The van der Waals surface area contributed by atoms with E-state index in [4.69, 9.17) is 0 Å². The first-order chi connectivity index (χ1) is 8.83. The second-order valence-electron chi connectivity index (χ2n) is 5.69. The molecule has 1 heteroatoms. The van der Waals surface area contributed by atoms with Crippen LogP contribution in [0.25, 0.3) is 0 Å². The lowest BCUT2D eigenvalue weighted by Gasteiger charge is -2.28. The van der Waals surface area contributed by atoms with Gasteiger partial charge in [0.2, 0.25) is 0 Å². The maximum absolute atomic E-state index is 3.50. The molecule has 1 fully saturated rings. The lowest BCUT2D eigenvalue weighted by Crippen LogP contribution is -2.13. The van der Waals surface area contributed by atoms with Crippen LogP contribution >= 0.6 is 15.9 Å². The second kappa shape index (κ2) is 7.33. The monoisotopic (exact) mass is 308 g/mol. The smallest absolute Gasteiger partial charge is 0.00718 e. The van der Waals surface area contributed by atoms with Crippen molar-refractivity contribution in [2.45, 2.75) is 57.8 Å². The summed E-state index contributed by atoms with van der Waals surface area (Å²) in [6.45, 7) is 2.31. The third-order valence-electron chi connectivity index (χ3n) is 4.38. The van der Waals surface area contributed by atoms with Crippen molar-refractivity contribution in [2.24, 2.45) is 5.92 Å². The van der Waals surface area contributed by atoms with Gasteiger partial charge >= 0.3 is 0 Å². The molecule has 0 saturated heterocycles. The first-order valence-electron chi connectivity index (χ1n) is 7.48. The maximum atomic E-state index is 3.50. The standard InChI is InChI=1S/C17H25Br/c1-2-3-14-4-8-16(9-5-14)17-10-6-15(7-11-17)12-13-18/h6-7,10-11,14,16H,2-5,8-9,12-13H2,1H3. The molecule has 1 aromatic carbocycles. The molecule has 0 N–H and O–H groups in total. The van der Waals surface area contributed by atoms with Crippen LogP contribution in [0.1, 0.15) is 62.5 Å². The highest BCUT2D eigenvalue weighted by molar-refractivity contribution is 9.09. The number of alkyl halides is 1. The van der Waals surface area contributed by atoms with E-state index in [9.17, 15) is 0 Å². The molecule has 1 aliphatic carbocycles. The van der Waals surface area contributed by atoms with Crippen LogP contribution in [0.3, 0.4) is 0 Å². The van der Waals surface area contributed by atoms with Gasteiger partial charge in [-0.3, -0.25) is 0 Å². The van der Waals surface area contributed by atoms with Gasteiger partial charge in [-0.25, -0.2) is 0 Å². The fraction of sp³-hybridized carbons (Fsp3) is 0.647. The molecule has 0 heterocycles. The topological polar surface area (TPSA) is 0 Å². The zero-order chi connectivity index (χ0) is 12.8. The summed E-state index contributed by atoms with van der Waals surface area (Å²) in [6, 6.07) is 9.36. The molecule has 0 amide bonds. The second-order valence-corrected chi connectivity index (χ2v) is 6.48.